The number of aryl methyl sites for hydroxylation is 1. The van der Waals surface area contributed by atoms with Crippen LogP contribution in [0.25, 0.3) is 0 Å². The van der Waals surface area contributed by atoms with Crippen molar-refractivity contribution in [3.05, 3.63) is 80.7 Å². The van der Waals surface area contributed by atoms with Gasteiger partial charge in [-0.1, -0.05) is 41.9 Å². The molecule has 2 aromatic carbocycles. The molecular weight excluding hydrogens is 464 g/mol. The van der Waals surface area contributed by atoms with Gasteiger partial charge < -0.3 is 21.3 Å². The Morgan fingerprint density at radius 1 is 1.12 bits per heavy atom. The van der Waals surface area contributed by atoms with Crippen molar-refractivity contribution in [2.75, 3.05) is 17.2 Å². The fraction of sp³-hybridized carbons (Fsp3) is 0.174. The number of hydrogen-bond donors (Lipinski definition) is 3. The summed E-state index contributed by atoms with van der Waals surface area (Å²) in [5.74, 6) is -0.948. The van der Waals surface area contributed by atoms with E-state index < -0.39 is 5.91 Å². The van der Waals surface area contributed by atoms with E-state index in [1.54, 1.807) is 24.3 Å². The van der Waals surface area contributed by atoms with E-state index in [2.05, 4.69) is 10.6 Å². The largest absolute Gasteiger partial charge is 0.365 e. The van der Waals surface area contributed by atoms with Gasteiger partial charge in [0.1, 0.15) is 5.00 Å². The minimum absolute atomic E-state index is 0.334. The van der Waals surface area contributed by atoms with Gasteiger partial charge in [0.15, 0.2) is 5.11 Å². The first-order valence-electron chi connectivity index (χ1n) is 9.97. The van der Waals surface area contributed by atoms with E-state index in [9.17, 15) is 9.59 Å². The zero-order valence-electron chi connectivity index (χ0n) is 17.3. The molecule has 0 aliphatic carbocycles. The van der Waals surface area contributed by atoms with Gasteiger partial charge in [-0.3, -0.25) is 9.59 Å². The van der Waals surface area contributed by atoms with Gasteiger partial charge >= 0.3 is 0 Å². The van der Waals surface area contributed by atoms with Crippen molar-refractivity contribution >= 4 is 62.8 Å². The summed E-state index contributed by atoms with van der Waals surface area (Å²) in [7, 11) is 0. The second kappa shape index (κ2) is 9.28. The van der Waals surface area contributed by atoms with E-state index in [-0.39, 0.29) is 5.91 Å². The molecule has 0 saturated heterocycles. The van der Waals surface area contributed by atoms with Crippen LogP contribution in [0.1, 0.15) is 36.7 Å². The first-order valence-corrected chi connectivity index (χ1v) is 11.6. The number of fused-ring (bicyclic) bond motifs is 1. The van der Waals surface area contributed by atoms with Crippen molar-refractivity contribution in [1.29, 1.82) is 0 Å². The van der Waals surface area contributed by atoms with Crippen LogP contribution in [0, 0.1) is 6.92 Å². The van der Waals surface area contributed by atoms with Crippen LogP contribution in [0.4, 0.5) is 10.7 Å². The monoisotopic (exact) mass is 484 g/mol. The van der Waals surface area contributed by atoms with Crippen LogP contribution in [0.3, 0.4) is 0 Å². The maximum atomic E-state index is 12.7. The van der Waals surface area contributed by atoms with Crippen LogP contribution in [0.2, 0.25) is 5.02 Å². The maximum absolute atomic E-state index is 12.7. The van der Waals surface area contributed by atoms with Gasteiger partial charge in [0.2, 0.25) is 0 Å². The Kier molecular flexibility index (Phi) is 6.45. The summed E-state index contributed by atoms with van der Waals surface area (Å²) in [5.41, 5.74) is 9.30. The highest BCUT2D eigenvalue weighted by Gasteiger charge is 2.29. The number of nitrogens with one attached hydrogen (secondary N) is 2. The molecule has 164 valence electrons. The highest BCUT2D eigenvalue weighted by atomic mass is 35.5. The molecule has 4 N–H and O–H groups in total. The molecular formula is C23H21ClN4O2S2. The number of amides is 2. The lowest BCUT2D eigenvalue weighted by atomic mass is 10.0. The Bertz CT molecular complexity index is 1220. The topological polar surface area (TPSA) is 87.5 Å². The molecule has 0 unspecified atom stereocenters. The van der Waals surface area contributed by atoms with Crippen molar-refractivity contribution in [1.82, 2.24) is 4.90 Å². The molecule has 0 fully saturated rings. The minimum Gasteiger partial charge on any atom is -0.365 e. The van der Waals surface area contributed by atoms with Crippen LogP contribution in [-0.4, -0.2) is 28.4 Å². The first-order chi connectivity index (χ1) is 15.3. The Labute approximate surface area is 200 Å². The van der Waals surface area contributed by atoms with Gasteiger partial charge in [0.05, 0.1) is 22.7 Å². The van der Waals surface area contributed by atoms with E-state index in [4.69, 9.17) is 29.6 Å². The van der Waals surface area contributed by atoms with E-state index in [0.717, 1.165) is 21.7 Å². The summed E-state index contributed by atoms with van der Waals surface area (Å²) >= 11 is 13.1. The van der Waals surface area contributed by atoms with Crippen molar-refractivity contribution < 1.29 is 9.59 Å². The van der Waals surface area contributed by atoms with E-state index >= 15 is 0 Å². The number of carbonyl (C=O) groups is 2. The number of thiophene rings is 1. The molecule has 0 bridgehead atoms. The number of nitrogens with zero attached hydrogens (tertiary/aromatic N) is 1. The summed E-state index contributed by atoms with van der Waals surface area (Å²) < 4.78 is 0. The number of nitrogens with two attached hydrogens (primary N) is 1. The molecule has 4 rings (SSSR count). The van der Waals surface area contributed by atoms with Crippen molar-refractivity contribution in [2.45, 2.75) is 19.9 Å². The summed E-state index contributed by atoms with van der Waals surface area (Å²) in [5, 5.41) is 7.51. The molecule has 1 aliphatic rings. The van der Waals surface area contributed by atoms with Gasteiger partial charge in [-0.2, -0.15) is 0 Å². The zero-order valence-corrected chi connectivity index (χ0v) is 19.7. The van der Waals surface area contributed by atoms with Crippen LogP contribution in [0.15, 0.2) is 48.5 Å². The van der Waals surface area contributed by atoms with E-state index in [1.807, 2.05) is 36.1 Å². The zero-order chi connectivity index (χ0) is 22.8. The first kappa shape index (κ1) is 22.3. The Hall–Kier alpha value is -2.94. The summed E-state index contributed by atoms with van der Waals surface area (Å²) in [4.78, 5) is 28.0. The lowest BCUT2D eigenvalue weighted by molar-refractivity contribution is 0.1000. The SMILES string of the molecule is Cc1ccccc1NC(=S)N1CCc2c(sc(NC(=O)c3ccccc3Cl)c2C(N)=O)C1. The van der Waals surface area contributed by atoms with Crippen molar-refractivity contribution in [3.8, 4) is 0 Å². The van der Waals surface area contributed by atoms with E-state index in [0.29, 0.717) is 45.8 Å². The number of benzene rings is 2. The van der Waals surface area contributed by atoms with Gasteiger partial charge in [0.25, 0.3) is 11.8 Å². The predicted molar refractivity (Wildman–Crippen MR) is 134 cm³/mol. The molecule has 3 aromatic rings. The van der Waals surface area contributed by atoms with Crippen LogP contribution in [0.5, 0.6) is 0 Å². The van der Waals surface area contributed by atoms with Gasteiger partial charge in [0, 0.05) is 17.1 Å². The number of primary amides is 1. The minimum atomic E-state index is -0.564. The highest BCUT2D eigenvalue weighted by molar-refractivity contribution is 7.80. The maximum Gasteiger partial charge on any atom is 0.257 e. The molecule has 2 amide bonds. The third kappa shape index (κ3) is 4.48. The smallest absolute Gasteiger partial charge is 0.257 e. The summed E-state index contributed by atoms with van der Waals surface area (Å²) in [6, 6.07) is 14.7. The Morgan fingerprint density at radius 2 is 1.84 bits per heavy atom. The molecule has 0 spiro atoms. The average Bonchev–Trinajstić information content (AvgIpc) is 3.12. The number of hydrogen-bond acceptors (Lipinski definition) is 4. The fourth-order valence-electron chi connectivity index (χ4n) is 3.65. The lowest BCUT2D eigenvalue weighted by Crippen LogP contribution is -2.38. The summed E-state index contributed by atoms with van der Waals surface area (Å²) in [6.07, 6.45) is 0.599. The Balaban J connectivity index is 1.56. The van der Waals surface area contributed by atoms with Crippen molar-refractivity contribution in [2.24, 2.45) is 5.73 Å². The number of anilines is 2. The van der Waals surface area contributed by atoms with Crippen LogP contribution >= 0.6 is 35.2 Å². The third-order valence-electron chi connectivity index (χ3n) is 5.32. The van der Waals surface area contributed by atoms with Gasteiger partial charge in [-0.25, -0.2) is 0 Å². The number of carbonyl (C=O) groups excluding carboxylic acids is 2. The number of rotatable bonds is 4. The molecule has 1 aliphatic heterocycles. The van der Waals surface area contributed by atoms with Gasteiger partial charge in [-0.15, -0.1) is 11.3 Å². The van der Waals surface area contributed by atoms with E-state index in [1.165, 1.54) is 11.3 Å². The molecule has 0 saturated carbocycles. The third-order valence-corrected chi connectivity index (χ3v) is 7.14. The predicted octanol–water partition coefficient (Wildman–Crippen LogP) is 4.82. The molecule has 1 aromatic heterocycles. The molecule has 2 heterocycles. The molecule has 9 heteroatoms. The van der Waals surface area contributed by atoms with Crippen LogP contribution in [-0.2, 0) is 13.0 Å². The second-order valence-corrected chi connectivity index (χ2v) is 9.32. The highest BCUT2D eigenvalue weighted by Crippen LogP contribution is 2.37. The summed E-state index contributed by atoms with van der Waals surface area (Å²) in [6.45, 7) is 3.19. The lowest BCUT2D eigenvalue weighted by Gasteiger charge is -2.30. The average molecular weight is 485 g/mol. The van der Waals surface area contributed by atoms with Crippen molar-refractivity contribution in [3.63, 3.8) is 0 Å². The molecule has 0 radical (unpaired) electrons. The second-order valence-electron chi connectivity index (χ2n) is 7.42. The molecule has 6 nitrogen and oxygen atoms in total. The van der Waals surface area contributed by atoms with Gasteiger partial charge in [-0.05, 0) is 54.9 Å². The standard InChI is InChI=1S/C23H21ClN4O2S2/c1-13-6-2-5-9-17(13)26-23(31)28-11-10-15-18(12-28)32-22(19(15)20(25)29)27-21(30)14-7-3-4-8-16(14)24/h2-9H,10-12H2,1H3,(H2,25,29)(H,26,31)(H,27,30). The number of para-hydroxylation sites is 1. The quantitative estimate of drug-likeness (QED) is 0.462. The Morgan fingerprint density at radius 3 is 2.56 bits per heavy atom. The molecule has 0 atom stereocenters. The number of thiocarbonyl (C=S) groups is 1. The molecule has 32 heavy (non-hydrogen) atoms. The van der Waals surface area contributed by atoms with Crippen LogP contribution < -0.4 is 16.4 Å². The fourth-order valence-corrected chi connectivity index (χ4v) is 5.40. The number of halogens is 1. The normalized spacial score (nSPS) is 12.8.